The molecule has 0 saturated heterocycles. The molecule has 54 heavy (non-hydrogen) atoms. The first-order valence-electron chi connectivity index (χ1n) is 18.0. The van der Waals surface area contributed by atoms with Crippen LogP contribution < -0.4 is 0 Å². The van der Waals surface area contributed by atoms with Crippen molar-refractivity contribution in [3.8, 4) is 52.0 Å². The second-order valence-electron chi connectivity index (χ2n) is 13.8. The van der Waals surface area contributed by atoms with Gasteiger partial charge in [-0.2, -0.15) is 10.5 Å². The molecule has 6 heteroatoms. The fourth-order valence-electron chi connectivity index (χ4n) is 8.60. The number of aromatic nitrogens is 4. The average molecular weight is 691 g/mol. The Labute approximate surface area is 312 Å². The van der Waals surface area contributed by atoms with Gasteiger partial charge in [0.05, 0.1) is 45.4 Å². The lowest BCUT2D eigenvalue weighted by atomic mass is 9.58. The van der Waals surface area contributed by atoms with Crippen molar-refractivity contribution in [2.45, 2.75) is 11.8 Å². The summed E-state index contributed by atoms with van der Waals surface area (Å²) in [7, 11) is 0. The van der Waals surface area contributed by atoms with Crippen molar-refractivity contribution in [2.24, 2.45) is 5.92 Å². The summed E-state index contributed by atoms with van der Waals surface area (Å²) >= 11 is 0. The molecule has 0 bridgehead atoms. The fourth-order valence-corrected chi connectivity index (χ4v) is 8.60. The molecule has 2 atom stereocenters. The zero-order valence-corrected chi connectivity index (χ0v) is 29.1. The minimum absolute atomic E-state index is 0.123. The van der Waals surface area contributed by atoms with Gasteiger partial charge in [0.1, 0.15) is 0 Å². The highest BCUT2D eigenvalue weighted by atomic mass is 15.0. The second-order valence-corrected chi connectivity index (χ2v) is 13.8. The van der Waals surface area contributed by atoms with Crippen LogP contribution in [0.4, 0.5) is 0 Å². The summed E-state index contributed by atoms with van der Waals surface area (Å²) in [6.07, 6.45) is 9.86. The summed E-state index contributed by atoms with van der Waals surface area (Å²) in [5.41, 5.74) is 10.2. The van der Waals surface area contributed by atoms with Crippen LogP contribution in [0.15, 0.2) is 164 Å². The standard InChI is InChI=1S/C48H30N6/c49-29-31-19-23-33(24-20-31)45-51-46(34-25-21-32(30-50)22-26-34)53-47(52-45)35-27-39-38-15-7-9-17-42(38)54-43-18-10-8-16-40(43)48(41(28-35)44(39)54,36-11-3-1-4-12-36)37-13-5-2-6-14-37/h1-13,15-28,37H,14H2. The highest BCUT2D eigenvalue weighted by Gasteiger charge is 2.48. The van der Waals surface area contributed by atoms with Crippen molar-refractivity contribution < 1.29 is 0 Å². The molecule has 2 unspecified atom stereocenters. The van der Waals surface area contributed by atoms with Crippen LogP contribution >= 0.6 is 0 Å². The van der Waals surface area contributed by atoms with Crippen molar-refractivity contribution in [2.75, 3.05) is 0 Å². The van der Waals surface area contributed by atoms with Crippen LogP contribution in [0.25, 0.3) is 61.7 Å². The van der Waals surface area contributed by atoms with E-state index >= 15 is 0 Å². The minimum atomic E-state index is -0.545. The number of hydrogen-bond donors (Lipinski definition) is 0. The molecule has 8 aromatic rings. The molecule has 1 aliphatic heterocycles. The van der Waals surface area contributed by atoms with Gasteiger partial charge in [0.25, 0.3) is 0 Å². The summed E-state index contributed by atoms with van der Waals surface area (Å²) in [6.45, 7) is 0. The maximum absolute atomic E-state index is 9.50. The quantitative estimate of drug-likeness (QED) is 0.179. The molecule has 3 heterocycles. The maximum Gasteiger partial charge on any atom is 0.164 e. The van der Waals surface area contributed by atoms with Crippen LogP contribution in [-0.4, -0.2) is 19.5 Å². The SMILES string of the molecule is N#Cc1ccc(-c2nc(-c3ccc(C#N)cc3)nc(-c3cc4c5c(c3)c3ccccc3n5-c3ccccc3C4(c3ccccc3)C3C=CC=CC3)n2)cc1. The van der Waals surface area contributed by atoms with Gasteiger partial charge in [0.2, 0.25) is 0 Å². The Bertz CT molecular complexity index is 2850. The Hall–Kier alpha value is -7.41. The van der Waals surface area contributed by atoms with Gasteiger partial charge in [-0.1, -0.05) is 91.0 Å². The van der Waals surface area contributed by atoms with Gasteiger partial charge in [-0.15, -0.1) is 0 Å². The zero-order chi connectivity index (χ0) is 36.2. The van der Waals surface area contributed by atoms with Gasteiger partial charge in [-0.3, -0.25) is 0 Å². The van der Waals surface area contributed by atoms with Gasteiger partial charge in [-0.05, 0) is 102 Å². The lowest BCUT2D eigenvalue weighted by Gasteiger charge is -2.46. The number of rotatable bonds is 5. The Morgan fingerprint density at radius 2 is 1.19 bits per heavy atom. The molecule has 6 nitrogen and oxygen atoms in total. The molecule has 0 radical (unpaired) electrons. The number of fused-ring (bicyclic) bond motifs is 5. The first-order chi connectivity index (χ1) is 26.7. The molecule has 0 saturated carbocycles. The van der Waals surface area contributed by atoms with E-state index in [0.717, 1.165) is 39.4 Å². The molecule has 2 aromatic heterocycles. The first kappa shape index (κ1) is 31.3. The van der Waals surface area contributed by atoms with Gasteiger partial charge in [0.15, 0.2) is 17.5 Å². The van der Waals surface area contributed by atoms with E-state index in [0.29, 0.717) is 28.6 Å². The Morgan fingerprint density at radius 3 is 1.83 bits per heavy atom. The average Bonchev–Trinajstić information content (AvgIpc) is 3.59. The molecule has 2 aliphatic rings. The van der Waals surface area contributed by atoms with Gasteiger partial charge >= 0.3 is 0 Å². The molecule has 1 aliphatic carbocycles. The van der Waals surface area contributed by atoms with Gasteiger partial charge in [0, 0.05) is 27.5 Å². The molecule has 6 aromatic carbocycles. The van der Waals surface area contributed by atoms with E-state index in [4.69, 9.17) is 15.0 Å². The monoisotopic (exact) mass is 690 g/mol. The van der Waals surface area contributed by atoms with E-state index < -0.39 is 5.41 Å². The van der Waals surface area contributed by atoms with Gasteiger partial charge in [-0.25, -0.2) is 15.0 Å². The molecule has 252 valence electrons. The number of para-hydroxylation sites is 2. The molecule has 0 amide bonds. The molecule has 10 rings (SSSR count). The molecule has 0 N–H and O–H groups in total. The normalized spacial score (nSPS) is 16.9. The smallest absolute Gasteiger partial charge is 0.164 e. The lowest BCUT2D eigenvalue weighted by molar-refractivity contribution is 0.445. The van der Waals surface area contributed by atoms with Crippen LogP contribution in [-0.2, 0) is 5.41 Å². The maximum atomic E-state index is 9.50. The highest BCUT2D eigenvalue weighted by molar-refractivity contribution is 6.13. The van der Waals surface area contributed by atoms with E-state index in [1.807, 2.05) is 24.3 Å². The molecule has 0 spiro atoms. The third-order valence-corrected chi connectivity index (χ3v) is 11.0. The first-order valence-corrected chi connectivity index (χ1v) is 18.0. The Balaban J connectivity index is 1.33. The third-order valence-electron chi connectivity index (χ3n) is 11.0. The van der Waals surface area contributed by atoms with E-state index in [1.54, 1.807) is 24.3 Å². The van der Waals surface area contributed by atoms with Crippen molar-refractivity contribution in [3.63, 3.8) is 0 Å². The summed E-state index contributed by atoms with van der Waals surface area (Å²) in [5, 5.41) is 21.3. The van der Waals surface area contributed by atoms with Crippen LogP contribution in [0.1, 0.15) is 34.2 Å². The van der Waals surface area contributed by atoms with E-state index in [2.05, 4.69) is 132 Å². The number of allylic oxidation sites excluding steroid dienone is 4. The number of hydrogen-bond acceptors (Lipinski definition) is 5. The van der Waals surface area contributed by atoms with Crippen molar-refractivity contribution in [3.05, 3.63) is 192 Å². The largest absolute Gasteiger partial charge is 0.309 e. The van der Waals surface area contributed by atoms with Crippen LogP contribution in [0, 0.1) is 28.6 Å². The molecule has 0 fully saturated rings. The molecular formula is C48H30N6. The Morgan fingerprint density at radius 1 is 0.574 bits per heavy atom. The second kappa shape index (κ2) is 12.4. The summed E-state index contributed by atoms with van der Waals surface area (Å²) in [5.74, 6) is 1.66. The predicted octanol–water partition coefficient (Wildman–Crippen LogP) is 10.5. The number of nitriles is 2. The topological polar surface area (TPSA) is 91.2 Å². The summed E-state index contributed by atoms with van der Waals surface area (Å²) < 4.78 is 2.44. The number of nitrogens with zero attached hydrogens (tertiary/aromatic N) is 6. The third kappa shape index (κ3) is 4.68. The van der Waals surface area contributed by atoms with Crippen molar-refractivity contribution in [1.82, 2.24) is 19.5 Å². The predicted molar refractivity (Wildman–Crippen MR) is 213 cm³/mol. The molecular weight excluding hydrogens is 661 g/mol. The van der Waals surface area contributed by atoms with Crippen molar-refractivity contribution >= 4 is 21.8 Å². The van der Waals surface area contributed by atoms with Crippen LogP contribution in [0.3, 0.4) is 0 Å². The van der Waals surface area contributed by atoms with Crippen LogP contribution in [0.2, 0.25) is 0 Å². The van der Waals surface area contributed by atoms with Crippen molar-refractivity contribution in [1.29, 1.82) is 10.5 Å². The summed E-state index contributed by atoms with van der Waals surface area (Å²) in [6, 6.07) is 52.0. The summed E-state index contributed by atoms with van der Waals surface area (Å²) in [4.78, 5) is 15.3. The van der Waals surface area contributed by atoms with E-state index in [9.17, 15) is 10.5 Å². The minimum Gasteiger partial charge on any atom is -0.309 e. The number of benzene rings is 6. The Kier molecular flexibility index (Phi) is 7.18. The van der Waals surface area contributed by atoms with Gasteiger partial charge < -0.3 is 4.57 Å². The van der Waals surface area contributed by atoms with E-state index in [-0.39, 0.29) is 5.92 Å². The fraction of sp³-hybridized carbons (Fsp3) is 0.0625. The van der Waals surface area contributed by atoms with Crippen LogP contribution in [0.5, 0.6) is 0 Å². The lowest BCUT2D eigenvalue weighted by Crippen LogP contribution is -2.40. The highest BCUT2D eigenvalue weighted by Crippen LogP contribution is 2.56. The van der Waals surface area contributed by atoms with E-state index in [1.165, 1.54) is 27.9 Å². The zero-order valence-electron chi connectivity index (χ0n) is 29.1.